The minimum atomic E-state index is -0.861. The number of carboxylic acid groups (broad SMARTS) is 1. The van der Waals surface area contributed by atoms with Crippen LogP contribution in [0.25, 0.3) is 0 Å². The normalized spacial score (nSPS) is 19.6. The summed E-state index contributed by atoms with van der Waals surface area (Å²) in [6.45, 7) is 3.94. The second-order valence-corrected chi connectivity index (χ2v) is 4.81. The van der Waals surface area contributed by atoms with E-state index in [1.165, 1.54) is 0 Å². The topological polar surface area (TPSA) is 54.4 Å². The zero-order valence-corrected chi connectivity index (χ0v) is 10.1. The van der Waals surface area contributed by atoms with Gasteiger partial charge in [-0.2, -0.15) is 0 Å². The van der Waals surface area contributed by atoms with Crippen molar-refractivity contribution >= 4 is 11.8 Å². The molecule has 17 heavy (non-hydrogen) atoms. The van der Waals surface area contributed by atoms with Gasteiger partial charge in [-0.15, -0.1) is 0 Å². The van der Waals surface area contributed by atoms with Gasteiger partial charge in [0, 0.05) is 12.0 Å². The van der Waals surface area contributed by atoms with Crippen LogP contribution < -0.4 is 0 Å². The molecule has 0 fully saturated rings. The van der Waals surface area contributed by atoms with E-state index in [9.17, 15) is 9.59 Å². The van der Waals surface area contributed by atoms with E-state index in [0.29, 0.717) is 12.8 Å². The number of aliphatic carboxylic acids is 1. The maximum atomic E-state index is 12.1. The van der Waals surface area contributed by atoms with E-state index in [0.717, 1.165) is 22.3 Å². The predicted octanol–water partition coefficient (Wildman–Crippen LogP) is 2.52. The fourth-order valence-corrected chi connectivity index (χ4v) is 2.54. The number of hydrogen-bond donors (Lipinski definition) is 1. The summed E-state index contributed by atoms with van der Waals surface area (Å²) < 4.78 is 0. The molecule has 0 saturated heterocycles. The van der Waals surface area contributed by atoms with Gasteiger partial charge in [0.25, 0.3) is 0 Å². The molecule has 0 radical (unpaired) electrons. The number of hydrogen-bond acceptors (Lipinski definition) is 2. The minimum Gasteiger partial charge on any atom is -0.481 e. The Hall–Kier alpha value is -1.64. The van der Waals surface area contributed by atoms with Crippen LogP contribution in [-0.4, -0.2) is 16.9 Å². The van der Waals surface area contributed by atoms with E-state index in [1.807, 2.05) is 26.0 Å². The van der Waals surface area contributed by atoms with E-state index in [1.54, 1.807) is 0 Å². The zero-order valence-electron chi connectivity index (χ0n) is 10.1. The molecule has 90 valence electrons. The van der Waals surface area contributed by atoms with Gasteiger partial charge in [0.05, 0.1) is 5.92 Å². The summed E-state index contributed by atoms with van der Waals surface area (Å²) in [5, 5.41) is 9.03. The van der Waals surface area contributed by atoms with Crippen LogP contribution in [-0.2, 0) is 11.2 Å². The van der Waals surface area contributed by atoms with Gasteiger partial charge in [0.15, 0.2) is 5.78 Å². The molecule has 0 saturated carbocycles. The molecule has 1 aromatic rings. The van der Waals surface area contributed by atoms with E-state index < -0.39 is 11.9 Å². The first kappa shape index (κ1) is 11.8. The first-order chi connectivity index (χ1) is 7.99. The van der Waals surface area contributed by atoms with Gasteiger partial charge in [-0.1, -0.05) is 11.6 Å². The van der Waals surface area contributed by atoms with Crippen molar-refractivity contribution in [3.05, 3.63) is 34.4 Å². The van der Waals surface area contributed by atoms with Crippen LogP contribution in [0.3, 0.4) is 0 Å². The molecule has 1 N–H and O–H groups in total. The van der Waals surface area contributed by atoms with Gasteiger partial charge in [0.1, 0.15) is 0 Å². The Kier molecular flexibility index (Phi) is 3.01. The van der Waals surface area contributed by atoms with Crippen molar-refractivity contribution in [1.29, 1.82) is 0 Å². The van der Waals surface area contributed by atoms with Crippen LogP contribution >= 0.6 is 0 Å². The van der Waals surface area contributed by atoms with Gasteiger partial charge in [-0.3, -0.25) is 9.59 Å². The molecule has 0 aromatic heterocycles. The Balaban J connectivity index is 2.44. The maximum Gasteiger partial charge on any atom is 0.306 e. The lowest BCUT2D eigenvalue weighted by molar-refractivity contribution is -0.141. The number of fused-ring (bicyclic) bond motifs is 1. The smallest absolute Gasteiger partial charge is 0.306 e. The van der Waals surface area contributed by atoms with Crippen molar-refractivity contribution in [3.8, 4) is 0 Å². The maximum absolute atomic E-state index is 12.1. The number of Topliss-reactive ketones (excluding diaryl/α,β-unsaturated/α-hetero) is 1. The number of benzene rings is 1. The standard InChI is InChI=1S/C14H16O3/c1-8-5-9(2)11-4-3-10(14(16)17)7-13(15)12(11)6-8/h5-6,10H,3-4,7H2,1-2H3,(H,16,17). The lowest BCUT2D eigenvalue weighted by Gasteiger charge is -2.09. The van der Waals surface area contributed by atoms with Crippen molar-refractivity contribution in [2.24, 2.45) is 5.92 Å². The third-order valence-corrected chi connectivity index (χ3v) is 3.44. The van der Waals surface area contributed by atoms with Gasteiger partial charge >= 0.3 is 5.97 Å². The SMILES string of the molecule is Cc1cc(C)c2c(c1)C(=O)CC(C(=O)O)CC2. The minimum absolute atomic E-state index is 0.0308. The highest BCUT2D eigenvalue weighted by molar-refractivity contribution is 6.00. The monoisotopic (exact) mass is 232 g/mol. The molecule has 3 nitrogen and oxygen atoms in total. The first-order valence-corrected chi connectivity index (χ1v) is 5.85. The summed E-state index contributed by atoms with van der Waals surface area (Å²) in [5.74, 6) is -1.42. The number of carbonyl (C=O) groups excluding carboxylic acids is 1. The highest BCUT2D eigenvalue weighted by Gasteiger charge is 2.27. The third kappa shape index (κ3) is 2.23. The molecule has 2 rings (SSSR count). The average Bonchev–Trinajstić information content (AvgIpc) is 2.39. The number of ketones is 1. The largest absolute Gasteiger partial charge is 0.481 e. The highest BCUT2D eigenvalue weighted by atomic mass is 16.4. The molecule has 3 heteroatoms. The fraction of sp³-hybridized carbons (Fsp3) is 0.429. The molecule has 1 aliphatic rings. The Bertz CT molecular complexity index is 488. The molecule has 0 aliphatic heterocycles. The van der Waals surface area contributed by atoms with Crippen molar-refractivity contribution in [2.75, 3.05) is 0 Å². The van der Waals surface area contributed by atoms with Gasteiger partial charge in [-0.25, -0.2) is 0 Å². The Morgan fingerprint density at radius 1 is 1.35 bits per heavy atom. The summed E-state index contributed by atoms with van der Waals surface area (Å²) in [5.41, 5.74) is 3.92. The van der Waals surface area contributed by atoms with E-state index in [4.69, 9.17) is 5.11 Å². The predicted molar refractivity (Wildman–Crippen MR) is 64.3 cm³/mol. The van der Waals surface area contributed by atoms with Crippen molar-refractivity contribution < 1.29 is 14.7 Å². The van der Waals surface area contributed by atoms with E-state index in [-0.39, 0.29) is 12.2 Å². The van der Waals surface area contributed by atoms with Crippen LogP contribution in [0.5, 0.6) is 0 Å². The lowest BCUT2D eigenvalue weighted by atomic mass is 9.95. The highest BCUT2D eigenvalue weighted by Crippen LogP contribution is 2.28. The summed E-state index contributed by atoms with van der Waals surface area (Å²) in [7, 11) is 0. The zero-order chi connectivity index (χ0) is 12.6. The van der Waals surface area contributed by atoms with Gasteiger partial charge < -0.3 is 5.11 Å². The molecule has 1 aliphatic carbocycles. The second kappa shape index (κ2) is 4.32. The van der Waals surface area contributed by atoms with Gasteiger partial charge in [0.2, 0.25) is 0 Å². The van der Waals surface area contributed by atoms with E-state index >= 15 is 0 Å². The molecule has 1 atom stereocenters. The fourth-order valence-electron chi connectivity index (χ4n) is 2.54. The third-order valence-electron chi connectivity index (χ3n) is 3.44. The Morgan fingerprint density at radius 3 is 2.71 bits per heavy atom. The summed E-state index contributed by atoms with van der Waals surface area (Å²) in [4.78, 5) is 23.1. The van der Waals surface area contributed by atoms with Crippen molar-refractivity contribution in [3.63, 3.8) is 0 Å². The number of aryl methyl sites for hydroxylation is 2. The summed E-state index contributed by atoms with van der Waals surface area (Å²) in [6.07, 6.45) is 1.37. The number of carboxylic acids is 1. The molecule has 0 amide bonds. The number of carbonyl (C=O) groups is 2. The molecule has 1 unspecified atom stereocenters. The van der Waals surface area contributed by atoms with Crippen LogP contribution in [0.4, 0.5) is 0 Å². The molecule has 0 heterocycles. The van der Waals surface area contributed by atoms with Gasteiger partial charge in [-0.05, 0) is 43.9 Å². The molecular weight excluding hydrogens is 216 g/mol. The van der Waals surface area contributed by atoms with Crippen LogP contribution in [0.1, 0.15) is 39.9 Å². The molecular formula is C14H16O3. The quantitative estimate of drug-likeness (QED) is 0.757. The van der Waals surface area contributed by atoms with Crippen LogP contribution in [0.2, 0.25) is 0 Å². The van der Waals surface area contributed by atoms with E-state index in [2.05, 4.69) is 0 Å². The van der Waals surface area contributed by atoms with Crippen molar-refractivity contribution in [2.45, 2.75) is 33.1 Å². The molecule has 0 spiro atoms. The molecule has 0 bridgehead atoms. The van der Waals surface area contributed by atoms with Crippen LogP contribution in [0, 0.1) is 19.8 Å². The second-order valence-electron chi connectivity index (χ2n) is 4.81. The molecule has 1 aromatic carbocycles. The van der Waals surface area contributed by atoms with Crippen molar-refractivity contribution in [1.82, 2.24) is 0 Å². The Labute approximate surface area is 100 Å². The van der Waals surface area contributed by atoms with Crippen LogP contribution in [0.15, 0.2) is 12.1 Å². The first-order valence-electron chi connectivity index (χ1n) is 5.85. The average molecular weight is 232 g/mol. The Morgan fingerprint density at radius 2 is 2.06 bits per heavy atom. The summed E-state index contributed by atoms with van der Waals surface area (Å²) >= 11 is 0. The lowest BCUT2D eigenvalue weighted by Crippen LogP contribution is -2.16. The summed E-state index contributed by atoms with van der Waals surface area (Å²) in [6, 6.07) is 3.93. The number of rotatable bonds is 1.